The molecule has 2 saturated heterocycles. The van der Waals surface area contributed by atoms with Crippen LogP contribution < -0.4 is 14.5 Å². The van der Waals surface area contributed by atoms with Gasteiger partial charge in [0.05, 0.1) is 23.4 Å². The lowest BCUT2D eigenvalue weighted by molar-refractivity contribution is -0.139. The summed E-state index contributed by atoms with van der Waals surface area (Å²) in [5, 5.41) is 0.562. The fraction of sp³-hybridized carbons (Fsp3) is 0.400. The highest BCUT2D eigenvalue weighted by Crippen LogP contribution is 2.65. The van der Waals surface area contributed by atoms with Gasteiger partial charge in [0.2, 0.25) is 17.7 Å². The summed E-state index contributed by atoms with van der Waals surface area (Å²) in [6.45, 7) is 3.91. The van der Waals surface area contributed by atoms with E-state index < -0.39 is 11.9 Å². The molecule has 2 bridgehead atoms. The van der Waals surface area contributed by atoms with Gasteiger partial charge in [0.15, 0.2) is 0 Å². The molecule has 4 aliphatic carbocycles. The number of carbonyl (C=O) groups excluding carboxylic acids is 4. The van der Waals surface area contributed by atoms with Crippen molar-refractivity contribution in [1.29, 1.82) is 0 Å². The predicted octanol–water partition coefficient (Wildman–Crippen LogP) is 4.47. The highest BCUT2D eigenvalue weighted by atomic mass is 35.5. The number of amides is 3. The van der Waals surface area contributed by atoms with E-state index in [0.717, 1.165) is 12.0 Å². The number of rotatable bonds is 4. The minimum absolute atomic E-state index is 0.0549. The first-order valence-electron chi connectivity index (χ1n) is 13.2. The van der Waals surface area contributed by atoms with Crippen LogP contribution in [0.2, 0.25) is 5.02 Å². The first kappa shape index (κ1) is 23.7. The van der Waals surface area contributed by atoms with Crippen molar-refractivity contribution in [3.63, 3.8) is 0 Å². The standard InChI is InChI=1S/C30H27ClN2O5/c1-14-3-4-17(11-23(14)31)32-13-16(10-25(32)34)30(37)38-18-5-8-24(15(2)9-18)33-28(35)26-19-6-7-20(22-12-21(19)22)27(26)29(33)36/h3-9,11,16,19-22,26-27H,10,12-13H2,1-2H3/t16-,19+,20+,21-,22+,26-,27-/m1/s1. The van der Waals surface area contributed by atoms with E-state index in [4.69, 9.17) is 16.3 Å². The second kappa shape index (κ2) is 8.27. The number of esters is 1. The summed E-state index contributed by atoms with van der Waals surface area (Å²) in [5.41, 5.74) is 2.79. The van der Waals surface area contributed by atoms with Gasteiger partial charge < -0.3 is 9.64 Å². The van der Waals surface area contributed by atoms with E-state index in [2.05, 4.69) is 12.2 Å². The SMILES string of the molecule is Cc1ccc(N2C[C@H](C(=O)Oc3ccc(N4C(=O)[C@@H]5[C@H]6C=C[C@@H]([C@@H]7C[C@H]67)[C@H]5C4=O)c(C)c3)CC2=O)cc1Cl. The lowest BCUT2D eigenvalue weighted by Crippen LogP contribution is -2.40. The number of imide groups is 1. The van der Waals surface area contributed by atoms with Gasteiger partial charge in [-0.15, -0.1) is 0 Å². The number of allylic oxidation sites excluding steroid dienone is 2. The Morgan fingerprint density at radius 3 is 2.24 bits per heavy atom. The molecule has 4 fully saturated rings. The topological polar surface area (TPSA) is 84.0 Å². The van der Waals surface area contributed by atoms with E-state index in [9.17, 15) is 19.2 Å². The molecule has 8 rings (SSSR count). The molecule has 0 radical (unpaired) electrons. The normalized spacial score (nSPS) is 32.6. The van der Waals surface area contributed by atoms with Crippen LogP contribution in [0, 0.1) is 55.3 Å². The Balaban J connectivity index is 1.06. The lowest BCUT2D eigenvalue weighted by atomic mass is 9.63. The number of aryl methyl sites for hydroxylation is 2. The summed E-state index contributed by atoms with van der Waals surface area (Å²) in [4.78, 5) is 55.4. The maximum atomic E-state index is 13.5. The summed E-state index contributed by atoms with van der Waals surface area (Å²) in [6, 6.07) is 10.4. The number of ether oxygens (including phenoxy) is 1. The number of hydrogen-bond acceptors (Lipinski definition) is 5. The fourth-order valence-corrected chi connectivity index (χ4v) is 7.38. The third-order valence-corrected chi connectivity index (χ3v) is 9.62. The van der Waals surface area contributed by atoms with Crippen LogP contribution in [0.3, 0.4) is 0 Å². The monoisotopic (exact) mass is 530 g/mol. The summed E-state index contributed by atoms with van der Waals surface area (Å²) >= 11 is 6.22. The fourth-order valence-electron chi connectivity index (χ4n) is 7.20. The van der Waals surface area contributed by atoms with Crippen LogP contribution in [0.4, 0.5) is 11.4 Å². The molecule has 0 unspecified atom stereocenters. The Hall–Kier alpha value is -3.45. The number of nitrogens with zero attached hydrogens (tertiary/aromatic N) is 2. The van der Waals surface area contributed by atoms with Crippen LogP contribution in [-0.4, -0.2) is 30.2 Å². The molecule has 38 heavy (non-hydrogen) atoms. The van der Waals surface area contributed by atoms with Crippen molar-refractivity contribution >= 4 is 46.7 Å². The maximum Gasteiger partial charge on any atom is 0.316 e. The van der Waals surface area contributed by atoms with Crippen LogP contribution in [-0.2, 0) is 19.2 Å². The Bertz CT molecular complexity index is 1430. The van der Waals surface area contributed by atoms with Crippen molar-refractivity contribution < 1.29 is 23.9 Å². The summed E-state index contributed by atoms with van der Waals surface area (Å²) in [7, 11) is 0. The molecule has 2 aromatic carbocycles. The molecule has 0 N–H and O–H groups in total. The third kappa shape index (κ3) is 3.40. The third-order valence-electron chi connectivity index (χ3n) is 9.22. The minimum atomic E-state index is -0.609. The Morgan fingerprint density at radius 2 is 1.61 bits per heavy atom. The Kier molecular flexibility index (Phi) is 5.15. The molecular weight excluding hydrogens is 504 g/mol. The van der Waals surface area contributed by atoms with Crippen molar-refractivity contribution in [1.82, 2.24) is 0 Å². The average molecular weight is 531 g/mol. The molecule has 0 aromatic heterocycles. The first-order valence-corrected chi connectivity index (χ1v) is 13.6. The van der Waals surface area contributed by atoms with Gasteiger partial charge in [-0.2, -0.15) is 0 Å². The molecule has 194 valence electrons. The average Bonchev–Trinajstić information content (AvgIpc) is 3.57. The van der Waals surface area contributed by atoms with E-state index in [-0.39, 0.29) is 54.4 Å². The van der Waals surface area contributed by atoms with E-state index in [0.29, 0.717) is 39.5 Å². The molecule has 7 nitrogen and oxygen atoms in total. The van der Waals surface area contributed by atoms with Crippen LogP contribution >= 0.6 is 11.6 Å². The zero-order valence-corrected chi connectivity index (χ0v) is 21.9. The molecule has 7 atom stereocenters. The van der Waals surface area contributed by atoms with E-state index in [1.807, 2.05) is 26.0 Å². The van der Waals surface area contributed by atoms with E-state index >= 15 is 0 Å². The minimum Gasteiger partial charge on any atom is -0.426 e. The molecule has 2 aliphatic heterocycles. The molecule has 2 aromatic rings. The van der Waals surface area contributed by atoms with Gasteiger partial charge in [-0.05, 0) is 85.4 Å². The van der Waals surface area contributed by atoms with Crippen molar-refractivity contribution in [2.75, 3.05) is 16.3 Å². The second-order valence-electron chi connectivity index (χ2n) is 11.4. The van der Waals surface area contributed by atoms with Crippen LogP contribution in [0.1, 0.15) is 24.0 Å². The molecule has 0 spiro atoms. The number of hydrogen-bond donors (Lipinski definition) is 0. The molecule has 3 amide bonds. The van der Waals surface area contributed by atoms with Gasteiger partial charge >= 0.3 is 5.97 Å². The summed E-state index contributed by atoms with van der Waals surface area (Å²) < 4.78 is 5.64. The summed E-state index contributed by atoms with van der Waals surface area (Å²) in [6.07, 6.45) is 5.50. The smallest absolute Gasteiger partial charge is 0.316 e. The van der Waals surface area contributed by atoms with Gasteiger partial charge in [-0.1, -0.05) is 29.8 Å². The van der Waals surface area contributed by atoms with Crippen molar-refractivity contribution in [2.45, 2.75) is 26.7 Å². The quantitative estimate of drug-likeness (QED) is 0.252. The largest absolute Gasteiger partial charge is 0.426 e. The van der Waals surface area contributed by atoms with Gasteiger partial charge in [0, 0.05) is 23.7 Å². The van der Waals surface area contributed by atoms with Crippen molar-refractivity contribution in [2.24, 2.45) is 41.4 Å². The maximum absolute atomic E-state index is 13.5. The Labute approximate surface area is 225 Å². The van der Waals surface area contributed by atoms with Crippen LogP contribution in [0.5, 0.6) is 5.75 Å². The van der Waals surface area contributed by atoms with Crippen molar-refractivity contribution in [3.05, 3.63) is 64.7 Å². The lowest BCUT2D eigenvalue weighted by Gasteiger charge is -2.37. The second-order valence-corrected chi connectivity index (χ2v) is 11.8. The zero-order chi connectivity index (χ0) is 26.5. The number of halogens is 1. The van der Waals surface area contributed by atoms with Gasteiger partial charge in [-0.25, -0.2) is 4.90 Å². The molecule has 2 saturated carbocycles. The van der Waals surface area contributed by atoms with Gasteiger partial charge in [-0.3, -0.25) is 19.2 Å². The van der Waals surface area contributed by atoms with Gasteiger partial charge in [0.25, 0.3) is 0 Å². The molecule has 2 heterocycles. The molecule has 8 heteroatoms. The first-order chi connectivity index (χ1) is 18.2. The van der Waals surface area contributed by atoms with Crippen LogP contribution in [0.15, 0.2) is 48.6 Å². The summed E-state index contributed by atoms with van der Waals surface area (Å²) in [5.74, 6) is -0.255. The van der Waals surface area contributed by atoms with E-state index in [1.54, 1.807) is 29.2 Å². The molecular formula is C30H27ClN2O5. The highest BCUT2D eigenvalue weighted by Gasteiger charge is 2.67. The number of anilines is 2. The van der Waals surface area contributed by atoms with E-state index in [1.165, 1.54) is 4.90 Å². The predicted molar refractivity (Wildman–Crippen MR) is 141 cm³/mol. The number of carbonyl (C=O) groups is 4. The molecule has 6 aliphatic rings. The Morgan fingerprint density at radius 1 is 0.921 bits per heavy atom. The van der Waals surface area contributed by atoms with Gasteiger partial charge in [0.1, 0.15) is 5.75 Å². The highest BCUT2D eigenvalue weighted by molar-refractivity contribution is 6.31. The van der Waals surface area contributed by atoms with Crippen molar-refractivity contribution in [3.8, 4) is 5.75 Å². The number of benzene rings is 2. The van der Waals surface area contributed by atoms with Crippen LogP contribution in [0.25, 0.3) is 0 Å². The zero-order valence-electron chi connectivity index (χ0n) is 21.1.